The minimum atomic E-state index is -1.02. The maximum Gasteiger partial charge on any atom is 0.412 e. The van der Waals surface area contributed by atoms with Crippen LogP contribution in [0.2, 0.25) is 0 Å². The lowest BCUT2D eigenvalue weighted by atomic mass is 9.98. The highest BCUT2D eigenvalue weighted by Crippen LogP contribution is 2.44. The Morgan fingerprint density at radius 1 is 1.09 bits per heavy atom. The smallest absolute Gasteiger partial charge is 0.412 e. The molecule has 4 rings (SSSR count). The van der Waals surface area contributed by atoms with Crippen LogP contribution in [0.4, 0.5) is 10.6 Å². The van der Waals surface area contributed by atoms with Crippen molar-refractivity contribution >= 4 is 23.8 Å². The standard InChI is InChI=1S/C24H24N4O5/c1-14(11-21(29)30)25-23(31)19-12-28(2)27-22(19)26-24(32)33-13-20-17-9-5-3-7-15(17)16-8-4-6-10-18(16)20/h3-10,12,14,20H,11,13H2,1-2H3,(H,25,31)(H,29,30)(H,26,27,32). The van der Waals surface area contributed by atoms with Crippen molar-refractivity contribution in [2.45, 2.75) is 25.3 Å². The Morgan fingerprint density at radius 3 is 2.30 bits per heavy atom. The Kier molecular flexibility index (Phi) is 6.12. The molecule has 0 radical (unpaired) electrons. The number of anilines is 1. The minimum absolute atomic E-state index is 0.0368. The van der Waals surface area contributed by atoms with Crippen molar-refractivity contribution in [1.29, 1.82) is 0 Å². The zero-order chi connectivity index (χ0) is 23.5. The Labute approximate surface area is 190 Å². The van der Waals surface area contributed by atoms with E-state index in [1.807, 2.05) is 36.4 Å². The highest BCUT2D eigenvalue weighted by molar-refractivity contribution is 6.01. The van der Waals surface area contributed by atoms with E-state index in [1.54, 1.807) is 14.0 Å². The molecule has 1 atom stereocenters. The number of carbonyl (C=O) groups is 3. The summed E-state index contributed by atoms with van der Waals surface area (Å²) in [6.07, 6.45) is 0.492. The van der Waals surface area contributed by atoms with Gasteiger partial charge in [-0.3, -0.25) is 19.6 Å². The van der Waals surface area contributed by atoms with Crippen LogP contribution in [0.1, 0.15) is 40.7 Å². The average molecular weight is 448 g/mol. The first kappa shape index (κ1) is 22.1. The van der Waals surface area contributed by atoms with Crippen molar-refractivity contribution in [3.63, 3.8) is 0 Å². The molecule has 1 unspecified atom stereocenters. The number of amides is 2. The predicted octanol–water partition coefficient (Wildman–Crippen LogP) is 3.37. The normalized spacial score (nSPS) is 13.0. The molecule has 0 saturated carbocycles. The van der Waals surface area contributed by atoms with Crippen molar-refractivity contribution < 1.29 is 24.2 Å². The Morgan fingerprint density at radius 2 is 1.70 bits per heavy atom. The van der Waals surface area contributed by atoms with Gasteiger partial charge >= 0.3 is 12.1 Å². The largest absolute Gasteiger partial charge is 0.481 e. The van der Waals surface area contributed by atoms with Crippen molar-refractivity contribution in [2.75, 3.05) is 11.9 Å². The van der Waals surface area contributed by atoms with Crippen molar-refractivity contribution in [3.8, 4) is 11.1 Å². The van der Waals surface area contributed by atoms with Crippen LogP contribution in [0.3, 0.4) is 0 Å². The number of fused-ring (bicyclic) bond motifs is 3. The molecule has 0 saturated heterocycles. The number of aryl methyl sites for hydroxylation is 1. The highest BCUT2D eigenvalue weighted by atomic mass is 16.5. The quantitative estimate of drug-likeness (QED) is 0.509. The number of nitrogens with one attached hydrogen (secondary N) is 2. The third kappa shape index (κ3) is 4.72. The number of carboxylic acids is 1. The van der Waals surface area contributed by atoms with Crippen LogP contribution < -0.4 is 10.6 Å². The average Bonchev–Trinajstić information content (AvgIpc) is 3.29. The summed E-state index contributed by atoms with van der Waals surface area (Å²) >= 11 is 0. The van der Waals surface area contributed by atoms with E-state index in [2.05, 4.69) is 27.9 Å². The second-order valence-corrected chi connectivity index (χ2v) is 7.99. The maximum absolute atomic E-state index is 12.6. The molecule has 3 aromatic rings. The Hall–Kier alpha value is -4.14. The summed E-state index contributed by atoms with van der Waals surface area (Å²) in [5.74, 6) is -1.61. The lowest BCUT2D eigenvalue weighted by Gasteiger charge is -2.14. The zero-order valence-corrected chi connectivity index (χ0v) is 18.2. The molecule has 9 heteroatoms. The van der Waals surface area contributed by atoms with Crippen molar-refractivity contribution in [1.82, 2.24) is 15.1 Å². The van der Waals surface area contributed by atoms with Crippen LogP contribution in [0, 0.1) is 0 Å². The van der Waals surface area contributed by atoms with E-state index in [4.69, 9.17) is 9.84 Å². The number of carboxylic acid groups (broad SMARTS) is 1. The molecule has 33 heavy (non-hydrogen) atoms. The van der Waals surface area contributed by atoms with Gasteiger partial charge in [0, 0.05) is 25.2 Å². The summed E-state index contributed by atoms with van der Waals surface area (Å²) in [5.41, 5.74) is 4.56. The van der Waals surface area contributed by atoms with Gasteiger partial charge in [-0.25, -0.2) is 4.79 Å². The first-order valence-electron chi connectivity index (χ1n) is 10.5. The summed E-state index contributed by atoms with van der Waals surface area (Å²) in [6, 6.07) is 15.5. The SMILES string of the molecule is CC(CC(=O)O)NC(=O)c1cn(C)nc1NC(=O)OCC1c2ccccc2-c2ccccc21. The fourth-order valence-corrected chi connectivity index (χ4v) is 4.09. The molecular formula is C24H24N4O5. The number of rotatable bonds is 7. The lowest BCUT2D eigenvalue weighted by molar-refractivity contribution is -0.137. The molecule has 0 fully saturated rings. The highest BCUT2D eigenvalue weighted by Gasteiger charge is 2.29. The van der Waals surface area contributed by atoms with Crippen LogP contribution in [0.15, 0.2) is 54.7 Å². The number of aromatic nitrogens is 2. The third-order valence-corrected chi connectivity index (χ3v) is 5.50. The molecule has 0 spiro atoms. The van der Waals surface area contributed by atoms with Crippen LogP contribution in [-0.2, 0) is 16.6 Å². The van der Waals surface area contributed by atoms with Crippen molar-refractivity contribution in [3.05, 3.63) is 71.4 Å². The van der Waals surface area contributed by atoms with Crippen LogP contribution >= 0.6 is 0 Å². The van der Waals surface area contributed by atoms with Gasteiger partial charge in [0.25, 0.3) is 5.91 Å². The van der Waals surface area contributed by atoms with Crippen molar-refractivity contribution in [2.24, 2.45) is 7.05 Å². The van der Waals surface area contributed by atoms with E-state index in [0.29, 0.717) is 0 Å². The molecule has 3 N–H and O–H groups in total. The van der Waals surface area contributed by atoms with Crippen LogP contribution in [-0.4, -0.2) is 45.5 Å². The zero-order valence-electron chi connectivity index (χ0n) is 18.2. The third-order valence-electron chi connectivity index (χ3n) is 5.50. The summed E-state index contributed by atoms with van der Waals surface area (Å²) in [7, 11) is 1.61. The molecule has 1 aliphatic rings. The van der Waals surface area contributed by atoms with E-state index in [9.17, 15) is 14.4 Å². The topological polar surface area (TPSA) is 123 Å². The van der Waals surface area contributed by atoms with Gasteiger partial charge in [-0.2, -0.15) is 5.10 Å². The summed E-state index contributed by atoms with van der Waals surface area (Å²) in [6.45, 7) is 1.71. The van der Waals surface area contributed by atoms with E-state index < -0.39 is 24.0 Å². The van der Waals surface area contributed by atoms with Gasteiger partial charge < -0.3 is 15.2 Å². The lowest BCUT2D eigenvalue weighted by Crippen LogP contribution is -2.34. The number of hydrogen-bond donors (Lipinski definition) is 3. The van der Waals surface area contributed by atoms with Gasteiger partial charge in [0.1, 0.15) is 12.2 Å². The van der Waals surface area contributed by atoms with Gasteiger partial charge in [-0.1, -0.05) is 48.5 Å². The second-order valence-electron chi connectivity index (χ2n) is 7.99. The number of carbonyl (C=O) groups excluding carboxylic acids is 2. The summed E-state index contributed by atoms with van der Waals surface area (Å²) < 4.78 is 6.90. The van der Waals surface area contributed by atoms with E-state index in [0.717, 1.165) is 22.3 Å². The van der Waals surface area contributed by atoms with E-state index in [-0.39, 0.29) is 30.3 Å². The molecule has 9 nitrogen and oxygen atoms in total. The van der Waals surface area contributed by atoms with E-state index >= 15 is 0 Å². The Bertz CT molecular complexity index is 1170. The first-order valence-corrected chi connectivity index (χ1v) is 10.5. The summed E-state index contributed by atoms with van der Waals surface area (Å²) in [4.78, 5) is 35.9. The van der Waals surface area contributed by atoms with Crippen LogP contribution in [0.5, 0.6) is 0 Å². The maximum atomic E-state index is 12.6. The van der Waals surface area contributed by atoms with Crippen LogP contribution in [0.25, 0.3) is 11.1 Å². The number of aliphatic carboxylic acids is 1. The molecule has 2 aromatic carbocycles. The fraction of sp³-hybridized carbons (Fsp3) is 0.250. The minimum Gasteiger partial charge on any atom is -0.481 e. The molecule has 2 amide bonds. The molecule has 170 valence electrons. The predicted molar refractivity (Wildman–Crippen MR) is 121 cm³/mol. The van der Waals surface area contributed by atoms with E-state index in [1.165, 1.54) is 10.9 Å². The van der Waals surface area contributed by atoms with Gasteiger partial charge in [-0.05, 0) is 29.2 Å². The molecule has 1 aromatic heterocycles. The van der Waals surface area contributed by atoms with Gasteiger partial charge in [0.2, 0.25) is 0 Å². The number of ether oxygens (including phenoxy) is 1. The summed E-state index contributed by atoms with van der Waals surface area (Å²) in [5, 5.41) is 18.1. The molecule has 1 heterocycles. The Balaban J connectivity index is 1.43. The van der Waals surface area contributed by atoms with Gasteiger partial charge in [0.05, 0.1) is 6.42 Å². The molecule has 1 aliphatic carbocycles. The fourth-order valence-electron chi connectivity index (χ4n) is 4.09. The number of nitrogens with zero attached hydrogens (tertiary/aromatic N) is 2. The first-order chi connectivity index (χ1) is 15.8. The van der Waals surface area contributed by atoms with Gasteiger partial charge in [-0.15, -0.1) is 0 Å². The number of benzene rings is 2. The monoisotopic (exact) mass is 448 g/mol. The molecule has 0 aliphatic heterocycles. The molecular weight excluding hydrogens is 424 g/mol. The van der Waals surface area contributed by atoms with Gasteiger partial charge in [0.15, 0.2) is 5.82 Å². The molecule has 0 bridgehead atoms. The number of hydrogen-bond acceptors (Lipinski definition) is 5. The second kappa shape index (κ2) is 9.15.